The molecule has 0 spiro atoms. The Bertz CT molecular complexity index is 683. The number of aliphatic carboxylic acids is 1. The maximum absolute atomic E-state index is 13.0. The Hall–Kier alpha value is 1.11. The van der Waals surface area contributed by atoms with Crippen LogP contribution in [0.2, 0.25) is 0 Å². The fourth-order valence-electron chi connectivity index (χ4n) is 2.56. The van der Waals surface area contributed by atoms with Crippen LogP contribution in [-0.4, -0.2) is 49.2 Å². The monoisotopic (exact) mass is 721 g/mol. The Kier molecular flexibility index (Phi) is 12.3. The average Bonchev–Trinajstić information content (AvgIpc) is 2.61. The second-order valence-corrected chi connectivity index (χ2v) is 9.23. The van der Waals surface area contributed by atoms with Gasteiger partial charge in [0.05, 0.1) is 31.9 Å². The van der Waals surface area contributed by atoms with Crippen LogP contribution in [0.15, 0.2) is 6.07 Å². The summed E-state index contributed by atoms with van der Waals surface area (Å²) in [5, 5.41) is 11.4. The van der Waals surface area contributed by atoms with Crippen molar-refractivity contribution in [2.45, 2.75) is 32.3 Å². The number of morpholine rings is 1. The van der Waals surface area contributed by atoms with Crippen molar-refractivity contribution in [1.82, 2.24) is 4.90 Å². The number of rotatable bonds is 7. The van der Waals surface area contributed by atoms with Crippen LogP contribution in [0.25, 0.3) is 0 Å². The molecule has 1 heterocycles. The van der Waals surface area contributed by atoms with Gasteiger partial charge in [0, 0.05) is 16.7 Å². The van der Waals surface area contributed by atoms with E-state index in [1.807, 2.05) is 13.0 Å². The van der Waals surface area contributed by atoms with Crippen molar-refractivity contribution >= 4 is 79.6 Å². The summed E-state index contributed by atoms with van der Waals surface area (Å²) >= 11 is 6.32. The maximum atomic E-state index is 13.0. The molecule has 2 rings (SSSR count). The quantitative estimate of drug-likeness (QED) is 0.285. The molecule has 0 radical (unpaired) electrons. The summed E-state index contributed by atoms with van der Waals surface area (Å²) in [5.74, 6) is -0.875. The van der Waals surface area contributed by atoms with Crippen molar-refractivity contribution in [3.8, 4) is 5.75 Å². The summed E-state index contributed by atoms with van der Waals surface area (Å²) < 4.78 is 13.3. The van der Waals surface area contributed by atoms with Crippen LogP contribution in [0.3, 0.4) is 0 Å². The van der Waals surface area contributed by atoms with Crippen molar-refractivity contribution in [3.63, 3.8) is 0 Å². The summed E-state index contributed by atoms with van der Waals surface area (Å²) in [4.78, 5) is 26.2. The van der Waals surface area contributed by atoms with Gasteiger partial charge in [-0.3, -0.25) is 4.79 Å². The standard InChI is InChI=1S/C17H20I3NO5.Na/c1-2-3-4-12(17(23)24)26-15-11(19)9-10(18)13(14(15)20)16(22)21-5-7-25-8-6-21;/h9,12H,2-8H2,1H3,(H,23,24);/q;+1/p-1. The number of carbonyl (C=O) groups is 2. The molecule has 0 saturated carbocycles. The molecule has 0 aliphatic carbocycles. The van der Waals surface area contributed by atoms with E-state index in [1.54, 1.807) is 4.90 Å². The van der Waals surface area contributed by atoms with Crippen molar-refractivity contribution in [2.24, 2.45) is 0 Å². The third kappa shape index (κ3) is 7.09. The van der Waals surface area contributed by atoms with E-state index in [0.717, 1.165) is 20.0 Å². The largest absolute Gasteiger partial charge is 1.00 e. The van der Waals surface area contributed by atoms with Gasteiger partial charge in [0.25, 0.3) is 5.91 Å². The summed E-state index contributed by atoms with van der Waals surface area (Å²) in [6.45, 7) is 4.13. The summed E-state index contributed by atoms with van der Waals surface area (Å²) in [7, 11) is 0. The Balaban J connectivity index is 0.00000364. The molecular formula is C17H19I3NNaO5. The molecule has 1 aromatic rings. The zero-order chi connectivity index (χ0) is 19.3. The number of carboxylic acid groups (broad SMARTS) is 1. The van der Waals surface area contributed by atoms with E-state index in [0.29, 0.717) is 47.6 Å². The van der Waals surface area contributed by atoms with Crippen molar-refractivity contribution in [1.29, 1.82) is 0 Å². The molecule has 1 aliphatic rings. The van der Waals surface area contributed by atoms with Gasteiger partial charge < -0.3 is 24.3 Å². The Morgan fingerprint density at radius 2 is 1.89 bits per heavy atom. The van der Waals surface area contributed by atoms with E-state index >= 15 is 0 Å². The second kappa shape index (κ2) is 12.7. The van der Waals surface area contributed by atoms with Gasteiger partial charge in [-0.05, 0) is 86.7 Å². The Morgan fingerprint density at radius 1 is 1.26 bits per heavy atom. The Morgan fingerprint density at radius 3 is 2.44 bits per heavy atom. The van der Waals surface area contributed by atoms with E-state index < -0.39 is 12.1 Å². The summed E-state index contributed by atoms with van der Waals surface area (Å²) in [6.07, 6.45) is 0.956. The molecular weight excluding hydrogens is 702 g/mol. The number of hydrogen-bond donors (Lipinski definition) is 0. The van der Waals surface area contributed by atoms with Crippen LogP contribution in [0.5, 0.6) is 5.75 Å². The molecule has 10 heteroatoms. The zero-order valence-electron chi connectivity index (χ0n) is 15.2. The fourth-order valence-corrected chi connectivity index (χ4v) is 6.64. The Labute approximate surface area is 222 Å². The topological polar surface area (TPSA) is 78.9 Å². The zero-order valence-corrected chi connectivity index (χ0v) is 23.7. The number of carboxylic acids is 1. The van der Waals surface area contributed by atoms with Crippen LogP contribution in [0.1, 0.15) is 36.5 Å². The van der Waals surface area contributed by atoms with Crippen LogP contribution in [0, 0.1) is 10.7 Å². The van der Waals surface area contributed by atoms with Crippen LogP contribution < -0.4 is 39.4 Å². The van der Waals surface area contributed by atoms with E-state index in [9.17, 15) is 14.7 Å². The van der Waals surface area contributed by atoms with Crippen LogP contribution >= 0.6 is 67.8 Å². The molecule has 1 fully saturated rings. The minimum Gasteiger partial charge on any atom is -0.546 e. The number of carbonyl (C=O) groups excluding carboxylic acids is 2. The minimum atomic E-state index is -1.23. The molecule has 144 valence electrons. The van der Waals surface area contributed by atoms with Crippen molar-refractivity contribution in [3.05, 3.63) is 22.3 Å². The van der Waals surface area contributed by atoms with Gasteiger partial charge in [-0.25, -0.2) is 0 Å². The first-order chi connectivity index (χ1) is 12.4. The number of hydrogen-bond acceptors (Lipinski definition) is 5. The van der Waals surface area contributed by atoms with Gasteiger partial charge in [-0.15, -0.1) is 0 Å². The molecule has 1 unspecified atom stereocenters. The first kappa shape index (κ1) is 26.1. The van der Waals surface area contributed by atoms with Gasteiger partial charge in [0.1, 0.15) is 11.9 Å². The number of halogens is 3. The number of benzene rings is 1. The normalized spacial score (nSPS) is 15.0. The predicted molar refractivity (Wildman–Crippen MR) is 120 cm³/mol. The average molecular weight is 721 g/mol. The molecule has 27 heavy (non-hydrogen) atoms. The molecule has 0 aromatic heterocycles. The van der Waals surface area contributed by atoms with Gasteiger partial charge in [-0.2, -0.15) is 0 Å². The third-order valence-electron chi connectivity index (χ3n) is 3.98. The van der Waals surface area contributed by atoms with Gasteiger partial charge in [0.15, 0.2) is 0 Å². The first-order valence-electron chi connectivity index (χ1n) is 8.28. The molecule has 1 aliphatic heterocycles. The molecule has 1 amide bonds. The van der Waals surface area contributed by atoms with E-state index in [2.05, 4.69) is 67.8 Å². The fraction of sp³-hybridized carbons (Fsp3) is 0.529. The molecule has 0 bridgehead atoms. The summed E-state index contributed by atoms with van der Waals surface area (Å²) in [5.41, 5.74) is 0.552. The number of nitrogens with zero attached hydrogens (tertiary/aromatic N) is 1. The van der Waals surface area contributed by atoms with Gasteiger partial charge in [-0.1, -0.05) is 13.3 Å². The van der Waals surface area contributed by atoms with Crippen molar-refractivity contribution < 1.29 is 53.7 Å². The molecule has 0 N–H and O–H groups in total. The number of unbranched alkanes of at least 4 members (excludes halogenated alkanes) is 1. The van der Waals surface area contributed by atoms with Gasteiger partial charge in [0.2, 0.25) is 0 Å². The summed E-state index contributed by atoms with van der Waals surface area (Å²) in [6, 6.07) is 1.85. The maximum Gasteiger partial charge on any atom is 1.00 e. The van der Waals surface area contributed by atoms with Crippen LogP contribution in [-0.2, 0) is 9.53 Å². The second-order valence-electron chi connectivity index (χ2n) is 5.83. The third-order valence-corrected chi connectivity index (χ3v) is 6.66. The smallest absolute Gasteiger partial charge is 0.546 e. The molecule has 1 atom stereocenters. The predicted octanol–water partition coefficient (Wildman–Crippen LogP) is -0.336. The molecule has 1 aromatic carbocycles. The molecule has 1 saturated heterocycles. The SMILES string of the molecule is CCCCC(Oc1c(I)cc(I)c(C(=O)N2CCOCC2)c1I)C(=O)[O-].[Na+]. The van der Waals surface area contributed by atoms with E-state index in [-0.39, 0.29) is 35.5 Å². The number of amides is 1. The molecule has 6 nitrogen and oxygen atoms in total. The van der Waals surface area contributed by atoms with E-state index in [4.69, 9.17) is 9.47 Å². The van der Waals surface area contributed by atoms with E-state index in [1.165, 1.54) is 0 Å². The van der Waals surface area contributed by atoms with Gasteiger partial charge >= 0.3 is 29.6 Å². The number of ether oxygens (including phenoxy) is 2. The van der Waals surface area contributed by atoms with Crippen molar-refractivity contribution in [2.75, 3.05) is 26.3 Å². The minimum absolute atomic E-state index is 0. The first-order valence-corrected chi connectivity index (χ1v) is 11.5. The van der Waals surface area contributed by atoms with Crippen LogP contribution in [0.4, 0.5) is 0 Å².